The molecule has 31 heavy (non-hydrogen) atoms. The Morgan fingerprint density at radius 1 is 1.39 bits per heavy atom. The van der Waals surface area contributed by atoms with Gasteiger partial charge in [-0.25, -0.2) is 18.0 Å². The molecule has 4 heterocycles. The Balaban J connectivity index is 1.62. The molecule has 12 heteroatoms. The number of aryl methyl sites for hydroxylation is 1. The maximum absolute atomic E-state index is 14.8. The molecule has 168 valence electrons. The lowest BCUT2D eigenvalue weighted by Crippen LogP contribution is -2.45. The Morgan fingerprint density at radius 3 is 2.84 bits per heavy atom. The van der Waals surface area contributed by atoms with E-state index in [1.54, 1.807) is 6.92 Å². The van der Waals surface area contributed by atoms with Crippen LogP contribution in [0.1, 0.15) is 48.8 Å². The second-order valence-corrected chi connectivity index (χ2v) is 7.82. The van der Waals surface area contributed by atoms with Gasteiger partial charge >= 0.3 is 6.03 Å². The van der Waals surface area contributed by atoms with E-state index < -0.39 is 54.1 Å². The number of carbonyl (C=O) groups excluding carboxylic acids is 1. The maximum atomic E-state index is 14.8. The number of alkyl halides is 4. The predicted octanol–water partition coefficient (Wildman–Crippen LogP) is 3.58. The zero-order valence-corrected chi connectivity index (χ0v) is 16.5. The molecule has 0 unspecified atom stereocenters. The number of fused-ring (bicyclic) bond motifs is 3. The van der Waals surface area contributed by atoms with Crippen molar-refractivity contribution in [2.24, 2.45) is 0 Å². The molecule has 2 aliphatic heterocycles. The van der Waals surface area contributed by atoms with E-state index in [0.29, 0.717) is 5.69 Å². The molecule has 2 aromatic rings. The Labute approximate surface area is 173 Å². The minimum atomic E-state index is -3.33. The third kappa shape index (κ3) is 3.84. The summed E-state index contributed by atoms with van der Waals surface area (Å²) in [5.41, 5.74) is -1.27. The first-order chi connectivity index (χ1) is 14.6. The molecule has 2 N–H and O–H groups in total. The molecular formula is C19H20F5N5O2. The van der Waals surface area contributed by atoms with Crippen molar-refractivity contribution < 1.29 is 31.9 Å². The van der Waals surface area contributed by atoms with Crippen LogP contribution in [0.4, 0.5) is 32.4 Å². The molecule has 7 nitrogen and oxygen atoms in total. The lowest BCUT2D eigenvalue weighted by Gasteiger charge is -2.34. The largest absolute Gasteiger partial charge is 0.393 e. The highest BCUT2D eigenvalue weighted by atomic mass is 19.3. The van der Waals surface area contributed by atoms with Crippen LogP contribution in [0.2, 0.25) is 0 Å². The highest BCUT2D eigenvalue weighted by molar-refractivity contribution is 5.90. The molecule has 0 aliphatic carbocycles. The van der Waals surface area contributed by atoms with Crippen molar-refractivity contribution in [2.75, 3.05) is 5.32 Å². The fraction of sp³-hybridized carbons (Fsp3) is 0.526. The van der Waals surface area contributed by atoms with Crippen LogP contribution in [0.25, 0.3) is 0 Å². The van der Waals surface area contributed by atoms with Gasteiger partial charge in [0, 0.05) is 37.2 Å². The second-order valence-electron chi connectivity index (χ2n) is 7.82. The van der Waals surface area contributed by atoms with E-state index in [0.717, 1.165) is 12.3 Å². The molecule has 2 aliphatic rings. The van der Waals surface area contributed by atoms with Gasteiger partial charge in [-0.1, -0.05) is 0 Å². The van der Waals surface area contributed by atoms with Crippen LogP contribution in [-0.2, 0) is 25.4 Å². The van der Waals surface area contributed by atoms with Crippen LogP contribution in [-0.4, -0.2) is 42.9 Å². The molecule has 0 fully saturated rings. The number of aliphatic hydroxyl groups is 1. The summed E-state index contributed by atoms with van der Waals surface area (Å²) in [6.45, 7) is 1.60. The lowest BCUT2D eigenvalue weighted by molar-refractivity contribution is -0.0509. The number of amides is 2. The van der Waals surface area contributed by atoms with Gasteiger partial charge in [-0.3, -0.25) is 9.67 Å². The summed E-state index contributed by atoms with van der Waals surface area (Å²) in [6.07, 6.45) is -3.80. The number of anilines is 1. The summed E-state index contributed by atoms with van der Waals surface area (Å²) < 4.78 is 70.8. The smallest absolute Gasteiger partial charge is 0.322 e. The summed E-state index contributed by atoms with van der Waals surface area (Å²) in [5, 5.41) is 16.3. The minimum Gasteiger partial charge on any atom is -0.393 e. The topological polar surface area (TPSA) is 83.3 Å². The first-order valence-electron chi connectivity index (χ1n) is 9.73. The van der Waals surface area contributed by atoms with Gasteiger partial charge in [-0.2, -0.15) is 13.9 Å². The number of aromatic nitrogens is 3. The molecule has 0 saturated heterocycles. The summed E-state index contributed by atoms with van der Waals surface area (Å²) in [4.78, 5) is 17.3. The Kier molecular flexibility index (Phi) is 5.36. The van der Waals surface area contributed by atoms with Crippen molar-refractivity contribution in [1.29, 1.82) is 0 Å². The predicted molar refractivity (Wildman–Crippen MR) is 98.2 cm³/mol. The van der Waals surface area contributed by atoms with Crippen LogP contribution in [0.15, 0.2) is 12.3 Å². The fourth-order valence-electron chi connectivity index (χ4n) is 4.10. The monoisotopic (exact) mass is 445 g/mol. The molecule has 0 radical (unpaired) electrons. The summed E-state index contributed by atoms with van der Waals surface area (Å²) in [7, 11) is 0. The number of halogens is 5. The van der Waals surface area contributed by atoms with Gasteiger partial charge in [0.1, 0.15) is 11.4 Å². The van der Waals surface area contributed by atoms with E-state index in [1.165, 1.54) is 9.58 Å². The first-order valence-corrected chi connectivity index (χ1v) is 9.73. The summed E-state index contributed by atoms with van der Waals surface area (Å²) in [5.74, 6) is -4.68. The lowest BCUT2D eigenvalue weighted by atomic mass is 9.96. The second kappa shape index (κ2) is 7.74. The van der Waals surface area contributed by atoms with E-state index >= 15 is 0 Å². The number of pyridine rings is 1. The van der Waals surface area contributed by atoms with E-state index in [1.807, 2.05) is 0 Å². The highest BCUT2D eigenvalue weighted by Crippen LogP contribution is 2.41. The van der Waals surface area contributed by atoms with Crippen LogP contribution in [0.5, 0.6) is 0 Å². The van der Waals surface area contributed by atoms with Crippen molar-refractivity contribution in [3.63, 3.8) is 0 Å². The fourth-order valence-corrected chi connectivity index (χ4v) is 4.10. The number of rotatable bonds is 2. The normalized spacial score (nSPS) is 22.6. The van der Waals surface area contributed by atoms with Gasteiger partial charge in [0.05, 0.1) is 24.0 Å². The zero-order valence-electron chi connectivity index (χ0n) is 16.5. The summed E-state index contributed by atoms with van der Waals surface area (Å²) in [6, 6.07) is -0.230. The number of nitrogens with zero attached hydrogens (tertiary/aromatic N) is 4. The molecule has 0 bridgehead atoms. The van der Waals surface area contributed by atoms with Crippen molar-refractivity contribution in [1.82, 2.24) is 19.7 Å². The molecule has 2 aromatic heterocycles. The molecule has 4 rings (SSSR count). The molecule has 0 saturated carbocycles. The minimum absolute atomic E-state index is 0.123. The summed E-state index contributed by atoms with van der Waals surface area (Å²) >= 11 is 0. The van der Waals surface area contributed by atoms with Crippen molar-refractivity contribution in [2.45, 2.75) is 63.8 Å². The van der Waals surface area contributed by atoms with Gasteiger partial charge in [0.2, 0.25) is 0 Å². The molecular weight excluding hydrogens is 425 g/mol. The third-order valence-corrected chi connectivity index (χ3v) is 5.62. The SMILES string of the molecule is C[C@@H]1Cc2nn3c(c2CN1C(=O)Nc1ccnc(C(F)F)c1F)C(F)(F)C[C@@H](O)CC3. The standard InChI is InChI=1S/C19H20F5N5O2/c1-9-6-13-11(16-19(23,24)7-10(30)3-5-29(16)27-13)8-28(9)18(31)26-12-2-4-25-15(14(12)20)17(21)22/h2,4,9-10,17,30H,3,5-8H2,1H3,(H,25,26,31)/t9-,10+/m1/s1. The van der Waals surface area contributed by atoms with Crippen LogP contribution in [0, 0.1) is 5.82 Å². The van der Waals surface area contributed by atoms with Crippen LogP contribution >= 0.6 is 0 Å². The number of urea groups is 1. The van der Waals surface area contributed by atoms with Gasteiger partial charge in [-0.15, -0.1) is 0 Å². The molecule has 2 amide bonds. The Hall–Kier alpha value is -2.76. The van der Waals surface area contributed by atoms with E-state index in [4.69, 9.17) is 0 Å². The van der Waals surface area contributed by atoms with E-state index in [-0.39, 0.29) is 37.2 Å². The molecule has 2 atom stereocenters. The van der Waals surface area contributed by atoms with Crippen molar-refractivity contribution in [3.05, 3.63) is 40.7 Å². The number of nitrogens with one attached hydrogen (secondary N) is 1. The first kappa shape index (κ1) is 21.5. The van der Waals surface area contributed by atoms with Crippen LogP contribution in [0.3, 0.4) is 0 Å². The van der Waals surface area contributed by atoms with Crippen molar-refractivity contribution >= 4 is 11.7 Å². The van der Waals surface area contributed by atoms with E-state index in [9.17, 15) is 31.9 Å². The average Bonchev–Trinajstić information content (AvgIpc) is 2.99. The van der Waals surface area contributed by atoms with Gasteiger partial charge in [-0.05, 0) is 19.4 Å². The highest BCUT2D eigenvalue weighted by Gasteiger charge is 2.45. The van der Waals surface area contributed by atoms with Crippen molar-refractivity contribution in [3.8, 4) is 0 Å². The van der Waals surface area contributed by atoms with Gasteiger partial charge in [0.25, 0.3) is 12.3 Å². The number of hydrogen-bond acceptors (Lipinski definition) is 4. The number of carbonyl (C=O) groups is 1. The molecule has 0 aromatic carbocycles. The van der Waals surface area contributed by atoms with Crippen LogP contribution < -0.4 is 5.32 Å². The quantitative estimate of drug-likeness (QED) is 0.693. The van der Waals surface area contributed by atoms with E-state index in [2.05, 4.69) is 15.4 Å². The number of hydrogen-bond donors (Lipinski definition) is 2. The average molecular weight is 445 g/mol. The van der Waals surface area contributed by atoms with Gasteiger partial charge in [0.15, 0.2) is 5.82 Å². The Morgan fingerprint density at radius 2 is 2.13 bits per heavy atom. The Bertz CT molecular complexity index is 1010. The maximum Gasteiger partial charge on any atom is 0.322 e. The molecule has 0 spiro atoms. The number of aliphatic hydroxyl groups excluding tert-OH is 1. The zero-order chi connectivity index (χ0) is 22.5. The third-order valence-electron chi connectivity index (χ3n) is 5.62. The van der Waals surface area contributed by atoms with Gasteiger partial charge < -0.3 is 15.3 Å².